The first-order valence-electron chi connectivity index (χ1n) is 8.14. The number of methoxy groups -OCH3 is 1. The van der Waals surface area contributed by atoms with Gasteiger partial charge < -0.3 is 9.84 Å². The second-order valence-corrected chi connectivity index (χ2v) is 6.59. The van der Waals surface area contributed by atoms with Gasteiger partial charge in [-0.25, -0.2) is 14.9 Å². The van der Waals surface area contributed by atoms with E-state index in [4.69, 9.17) is 4.74 Å². The fraction of sp³-hybridized carbons (Fsp3) is 0.0500. The first-order valence-corrected chi connectivity index (χ1v) is 9.02. The fourth-order valence-electron chi connectivity index (χ4n) is 2.74. The SMILES string of the molecule is COc1cc(C=C2N=C(c3ccccc3)N(c3nccs3)C2=O)ccc1O. The molecule has 2 heterocycles. The number of carbonyl (C=O) groups is 1. The van der Waals surface area contributed by atoms with Gasteiger partial charge in [0.1, 0.15) is 11.5 Å². The maximum atomic E-state index is 13.0. The molecule has 27 heavy (non-hydrogen) atoms. The number of benzene rings is 2. The molecule has 1 amide bonds. The number of rotatable bonds is 4. The smallest absolute Gasteiger partial charge is 0.284 e. The monoisotopic (exact) mass is 377 g/mol. The summed E-state index contributed by atoms with van der Waals surface area (Å²) in [5.74, 6) is 0.650. The number of ether oxygens (including phenoxy) is 1. The highest BCUT2D eigenvalue weighted by Gasteiger charge is 2.33. The van der Waals surface area contributed by atoms with Gasteiger partial charge in [-0.15, -0.1) is 11.3 Å². The molecule has 1 aliphatic heterocycles. The molecule has 0 fully saturated rings. The van der Waals surface area contributed by atoms with E-state index < -0.39 is 0 Å². The van der Waals surface area contributed by atoms with Crippen LogP contribution in [0.4, 0.5) is 5.13 Å². The number of phenolic OH excluding ortho intramolecular Hbond substituents is 1. The number of carbonyl (C=O) groups excluding carboxylic acids is 1. The van der Waals surface area contributed by atoms with E-state index in [0.29, 0.717) is 22.3 Å². The zero-order valence-corrected chi connectivity index (χ0v) is 15.2. The number of amidine groups is 1. The van der Waals surface area contributed by atoms with Crippen LogP contribution in [0.15, 0.2) is 70.8 Å². The summed E-state index contributed by atoms with van der Waals surface area (Å²) in [5, 5.41) is 12.1. The van der Waals surface area contributed by atoms with E-state index in [0.717, 1.165) is 5.56 Å². The molecule has 1 aromatic heterocycles. The third-order valence-electron chi connectivity index (χ3n) is 4.01. The van der Waals surface area contributed by atoms with Gasteiger partial charge in [-0.05, 0) is 23.8 Å². The number of hydrogen-bond donors (Lipinski definition) is 1. The molecular weight excluding hydrogens is 362 g/mol. The van der Waals surface area contributed by atoms with Crippen molar-refractivity contribution in [2.24, 2.45) is 4.99 Å². The van der Waals surface area contributed by atoms with Gasteiger partial charge in [-0.2, -0.15) is 0 Å². The molecule has 134 valence electrons. The molecule has 0 spiro atoms. The minimum Gasteiger partial charge on any atom is -0.504 e. The van der Waals surface area contributed by atoms with Gasteiger partial charge in [0.25, 0.3) is 5.91 Å². The van der Waals surface area contributed by atoms with E-state index >= 15 is 0 Å². The molecular formula is C20H15N3O3S. The summed E-state index contributed by atoms with van der Waals surface area (Å²) >= 11 is 1.37. The lowest BCUT2D eigenvalue weighted by Gasteiger charge is -2.14. The van der Waals surface area contributed by atoms with Crippen molar-refractivity contribution in [3.63, 3.8) is 0 Å². The van der Waals surface area contributed by atoms with Crippen LogP contribution in [0.2, 0.25) is 0 Å². The second kappa shape index (κ2) is 7.05. The Morgan fingerprint density at radius 3 is 2.70 bits per heavy atom. The first-order chi connectivity index (χ1) is 13.2. The number of aromatic nitrogens is 1. The third-order valence-corrected chi connectivity index (χ3v) is 4.77. The van der Waals surface area contributed by atoms with Gasteiger partial charge in [0.05, 0.1) is 7.11 Å². The average Bonchev–Trinajstić information content (AvgIpc) is 3.32. The summed E-state index contributed by atoms with van der Waals surface area (Å²) < 4.78 is 5.13. The highest BCUT2D eigenvalue weighted by atomic mass is 32.1. The molecule has 4 rings (SSSR count). The Hall–Kier alpha value is -3.45. The molecule has 0 aliphatic carbocycles. The van der Waals surface area contributed by atoms with Crippen LogP contribution < -0.4 is 9.64 Å². The first kappa shape index (κ1) is 17.0. The molecule has 0 radical (unpaired) electrons. The maximum Gasteiger partial charge on any atom is 0.284 e. The summed E-state index contributed by atoms with van der Waals surface area (Å²) in [7, 11) is 1.47. The molecule has 1 N–H and O–H groups in total. The van der Waals surface area contributed by atoms with Gasteiger partial charge in [0, 0.05) is 17.1 Å². The van der Waals surface area contributed by atoms with Crippen molar-refractivity contribution in [2.75, 3.05) is 12.0 Å². The quantitative estimate of drug-likeness (QED) is 0.704. The Kier molecular flexibility index (Phi) is 4.43. The van der Waals surface area contributed by atoms with Crippen LogP contribution in [0.25, 0.3) is 6.08 Å². The molecule has 0 bridgehead atoms. The van der Waals surface area contributed by atoms with E-state index in [9.17, 15) is 9.90 Å². The number of hydrogen-bond acceptors (Lipinski definition) is 6. The fourth-order valence-corrected chi connectivity index (χ4v) is 3.38. The van der Waals surface area contributed by atoms with Crippen LogP contribution in [0, 0.1) is 0 Å². The maximum absolute atomic E-state index is 13.0. The van der Waals surface area contributed by atoms with Gasteiger partial charge in [0.2, 0.25) is 0 Å². The van der Waals surface area contributed by atoms with Crippen molar-refractivity contribution >= 4 is 34.3 Å². The van der Waals surface area contributed by atoms with E-state index in [1.165, 1.54) is 29.4 Å². The van der Waals surface area contributed by atoms with Gasteiger partial charge in [-0.3, -0.25) is 4.79 Å². The molecule has 0 saturated carbocycles. The van der Waals surface area contributed by atoms with E-state index in [1.54, 1.807) is 24.4 Å². The lowest BCUT2D eigenvalue weighted by Crippen LogP contribution is -2.32. The molecule has 0 saturated heterocycles. The van der Waals surface area contributed by atoms with Crippen molar-refractivity contribution in [1.29, 1.82) is 0 Å². The molecule has 0 atom stereocenters. The second-order valence-electron chi connectivity index (χ2n) is 5.72. The van der Waals surface area contributed by atoms with Crippen molar-refractivity contribution < 1.29 is 14.6 Å². The van der Waals surface area contributed by atoms with Crippen LogP contribution in [-0.2, 0) is 4.79 Å². The van der Waals surface area contributed by atoms with Crippen molar-refractivity contribution in [1.82, 2.24) is 4.98 Å². The van der Waals surface area contributed by atoms with Crippen LogP contribution in [-0.4, -0.2) is 28.9 Å². The molecule has 7 heteroatoms. The van der Waals surface area contributed by atoms with Crippen LogP contribution in [0.3, 0.4) is 0 Å². The van der Waals surface area contributed by atoms with Crippen molar-refractivity contribution in [3.8, 4) is 11.5 Å². The minimum atomic E-state index is -0.254. The molecule has 1 aliphatic rings. The lowest BCUT2D eigenvalue weighted by atomic mass is 10.1. The Labute approximate surface area is 159 Å². The van der Waals surface area contributed by atoms with Gasteiger partial charge in [-0.1, -0.05) is 36.4 Å². The molecule has 0 unspecified atom stereocenters. The minimum absolute atomic E-state index is 0.0373. The summed E-state index contributed by atoms with van der Waals surface area (Å²) in [6, 6.07) is 14.4. The Morgan fingerprint density at radius 2 is 2.00 bits per heavy atom. The summed E-state index contributed by atoms with van der Waals surface area (Å²) in [6.45, 7) is 0. The Morgan fingerprint density at radius 1 is 1.19 bits per heavy atom. The van der Waals surface area contributed by atoms with E-state index in [1.807, 2.05) is 35.7 Å². The Balaban J connectivity index is 1.80. The van der Waals surface area contributed by atoms with Crippen LogP contribution >= 0.6 is 11.3 Å². The number of phenols is 1. The topological polar surface area (TPSA) is 75.0 Å². The van der Waals surface area contributed by atoms with Crippen LogP contribution in [0.1, 0.15) is 11.1 Å². The average molecular weight is 377 g/mol. The van der Waals surface area contributed by atoms with Crippen molar-refractivity contribution in [3.05, 3.63) is 76.9 Å². The number of anilines is 1. The van der Waals surface area contributed by atoms with E-state index in [-0.39, 0.29) is 17.4 Å². The lowest BCUT2D eigenvalue weighted by molar-refractivity contribution is -0.113. The molecule has 2 aromatic carbocycles. The largest absolute Gasteiger partial charge is 0.504 e. The number of amides is 1. The zero-order valence-electron chi connectivity index (χ0n) is 14.4. The number of aliphatic imine (C=N–C) groups is 1. The summed E-state index contributed by atoms with van der Waals surface area (Å²) in [4.78, 5) is 23.4. The molecule has 3 aromatic rings. The zero-order chi connectivity index (χ0) is 18.8. The van der Waals surface area contributed by atoms with Gasteiger partial charge in [0.15, 0.2) is 16.6 Å². The van der Waals surface area contributed by atoms with E-state index in [2.05, 4.69) is 9.98 Å². The predicted octanol–water partition coefficient (Wildman–Crippen LogP) is 3.69. The summed E-state index contributed by atoms with van der Waals surface area (Å²) in [5.41, 5.74) is 1.81. The van der Waals surface area contributed by atoms with Crippen molar-refractivity contribution in [2.45, 2.75) is 0 Å². The predicted molar refractivity (Wildman–Crippen MR) is 105 cm³/mol. The van der Waals surface area contributed by atoms with Crippen LogP contribution in [0.5, 0.6) is 11.5 Å². The normalized spacial score (nSPS) is 15.3. The number of aromatic hydroxyl groups is 1. The Bertz CT molecular complexity index is 1040. The molecule has 6 nitrogen and oxygen atoms in total. The summed E-state index contributed by atoms with van der Waals surface area (Å²) in [6.07, 6.45) is 3.32. The number of thiazole rings is 1. The highest BCUT2D eigenvalue weighted by molar-refractivity contribution is 7.14. The third kappa shape index (κ3) is 3.20. The number of nitrogens with zero attached hydrogens (tertiary/aromatic N) is 3. The standard InChI is InChI=1S/C20H15N3O3S/c1-26-17-12-13(7-8-16(17)24)11-15-19(25)23(20-21-9-10-27-20)18(22-15)14-5-3-2-4-6-14/h2-12,24H,1H3. The highest BCUT2D eigenvalue weighted by Crippen LogP contribution is 2.31. The van der Waals surface area contributed by atoms with Gasteiger partial charge >= 0.3 is 0 Å².